The van der Waals surface area contributed by atoms with Gasteiger partial charge in [-0.3, -0.25) is 4.84 Å². The van der Waals surface area contributed by atoms with Crippen molar-refractivity contribution in [3.8, 4) is 5.75 Å². The van der Waals surface area contributed by atoms with Crippen LogP contribution in [0.25, 0.3) is 0 Å². The summed E-state index contributed by atoms with van der Waals surface area (Å²) < 4.78 is 35.5. The van der Waals surface area contributed by atoms with E-state index < -0.39 is 16.0 Å². The molecule has 26 heavy (non-hydrogen) atoms. The zero-order valence-electron chi connectivity index (χ0n) is 15.1. The van der Waals surface area contributed by atoms with E-state index in [9.17, 15) is 13.2 Å². The molecule has 0 aliphatic heterocycles. The lowest BCUT2D eigenvalue weighted by molar-refractivity contribution is -0.0258. The molecular formula is C18H21NO6S. The first-order valence-corrected chi connectivity index (χ1v) is 9.17. The lowest BCUT2D eigenvalue weighted by Gasteiger charge is -2.14. The first kappa shape index (κ1) is 19.9. The standard InChI is InChI=1S/C18H21NO6S/c1-13-5-10-17(23-3)15(11-13)12-25-18(20)14-6-8-16(9-7-14)26(21,22)19(2)24-4/h5-11H,12H2,1-4H3. The quantitative estimate of drug-likeness (QED) is 0.543. The van der Waals surface area contributed by atoms with E-state index in [1.807, 2.05) is 25.1 Å². The number of carbonyl (C=O) groups excluding carboxylic acids is 1. The minimum absolute atomic E-state index is 0.0127. The van der Waals surface area contributed by atoms with Crippen LogP contribution in [0.1, 0.15) is 21.5 Å². The lowest BCUT2D eigenvalue weighted by Crippen LogP contribution is -2.25. The first-order valence-electron chi connectivity index (χ1n) is 7.73. The molecule has 0 fully saturated rings. The van der Waals surface area contributed by atoms with Crippen molar-refractivity contribution < 1.29 is 27.5 Å². The third-order valence-corrected chi connectivity index (χ3v) is 5.47. The summed E-state index contributed by atoms with van der Waals surface area (Å²) in [7, 11) is 0.327. The zero-order chi connectivity index (χ0) is 19.3. The van der Waals surface area contributed by atoms with Crippen molar-refractivity contribution in [3.05, 3.63) is 59.2 Å². The Labute approximate surface area is 153 Å². The summed E-state index contributed by atoms with van der Waals surface area (Å²) in [4.78, 5) is 16.9. The van der Waals surface area contributed by atoms with Gasteiger partial charge in [-0.1, -0.05) is 16.1 Å². The smallest absolute Gasteiger partial charge is 0.338 e. The Morgan fingerprint density at radius 3 is 2.31 bits per heavy atom. The number of hydroxylamine groups is 1. The molecule has 0 heterocycles. The molecular weight excluding hydrogens is 358 g/mol. The average Bonchev–Trinajstić information content (AvgIpc) is 2.65. The summed E-state index contributed by atoms with van der Waals surface area (Å²) in [5.74, 6) is 0.0741. The number of aryl methyl sites for hydroxylation is 1. The van der Waals surface area contributed by atoms with Gasteiger partial charge in [-0.05, 0) is 43.3 Å². The van der Waals surface area contributed by atoms with Crippen molar-refractivity contribution in [3.63, 3.8) is 0 Å². The Morgan fingerprint density at radius 2 is 1.73 bits per heavy atom. The number of esters is 1. The van der Waals surface area contributed by atoms with Crippen LogP contribution in [0.2, 0.25) is 0 Å². The minimum atomic E-state index is -3.76. The van der Waals surface area contributed by atoms with Crippen molar-refractivity contribution in [1.29, 1.82) is 0 Å². The number of carbonyl (C=O) groups is 1. The molecule has 2 aromatic carbocycles. The van der Waals surface area contributed by atoms with Crippen LogP contribution < -0.4 is 4.74 Å². The third kappa shape index (κ3) is 4.40. The van der Waals surface area contributed by atoms with Crippen LogP contribution in [0.5, 0.6) is 5.75 Å². The maximum atomic E-state index is 12.2. The highest BCUT2D eigenvalue weighted by Crippen LogP contribution is 2.21. The number of ether oxygens (including phenoxy) is 2. The SMILES string of the molecule is COc1ccc(C)cc1COC(=O)c1ccc(S(=O)(=O)N(C)OC)cc1. The van der Waals surface area contributed by atoms with Crippen molar-refractivity contribution >= 4 is 16.0 Å². The van der Waals surface area contributed by atoms with Crippen molar-refractivity contribution in [2.75, 3.05) is 21.3 Å². The topological polar surface area (TPSA) is 82.1 Å². The normalized spacial score (nSPS) is 11.4. The fraction of sp³-hybridized carbons (Fsp3) is 0.278. The summed E-state index contributed by atoms with van der Waals surface area (Å²) in [5.41, 5.74) is 2.02. The largest absolute Gasteiger partial charge is 0.496 e. The van der Waals surface area contributed by atoms with Crippen LogP contribution in [0.3, 0.4) is 0 Å². The van der Waals surface area contributed by atoms with E-state index in [0.29, 0.717) is 5.75 Å². The fourth-order valence-corrected chi connectivity index (χ4v) is 3.23. The molecule has 0 N–H and O–H groups in total. The van der Waals surface area contributed by atoms with Crippen molar-refractivity contribution in [1.82, 2.24) is 4.47 Å². The van der Waals surface area contributed by atoms with Gasteiger partial charge < -0.3 is 9.47 Å². The Bertz CT molecular complexity index is 877. The van der Waals surface area contributed by atoms with E-state index in [1.54, 1.807) is 7.11 Å². The van der Waals surface area contributed by atoms with E-state index in [0.717, 1.165) is 15.6 Å². The maximum absolute atomic E-state index is 12.2. The predicted molar refractivity (Wildman–Crippen MR) is 95.3 cm³/mol. The molecule has 0 aromatic heterocycles. The summed E-state index contributed by atoms with van der Waals surface area (Å²) in [6.45, 7) is 1.98. The lowest BCUT2D eigenvalue weighted by atomic mass is 10.1. The second kappa shape index (κ2) is 8.31. The Balaban J connectivity index is 2.11. The molecule has 0 amide bonds. The van der Waals surface area contributed by atoms with Crippen molar-refractivity contribution in [2.24, 2.45) is 0 Å². The average molecular weight is 379 g/mol. The van der Waals surface area contributed by atoms with Crippen LogP contribution >= 0.6 is 0 Å². The number of benzene rings is 2. The van der Waals surface area contributed by atoms with Gasteiger partial charge in [0.2, 0.25) is 0 Å². The Kier molecular flexibility index (Phi) is 6.36. The van der Waals surface area contributed by atoms with Crippen LogP contribution in [0.15, 0.2) is 47.4 Å². The molecule has 2 aromatic rings. The molecule has 0 unspecified atom stereocenters. The molecule has 0 spiro atoms. The Hall–Kier alpha value is -2.42. The van der Waals surface area contributed by atoms with Crippen molar-refractivity contribution in [2.45, 2.75) is 18.4 Å². The number of methoxy groups -OCH3 is 1. The number of hydrogen-bond acceptors (Lipinski definition) is 6. The van der Waals surface area contributed by atoms with Gasteiger partial charge in [0, 0.05) is 12.6 Å². The van der Waals surface area contributed by atoms with Crippen LogP contribution in [-0.2, 0) is 26.2 Å². The molecule has 140 valence electrons. The number of rotatable bonds is 7. The van der Waals surface area contributed by atoms with E-state index in [2.05, 4.69) is 0 Å². The second-order valence-corrected chi connectivity index (χ2v) is 7.45. The zero-order valence-corrected chi connectivity index (χ0v) is 15.9. The van der Waals surface area contributed by atoms with E-state index in [1.165, 1.54) is 38.4 Å². The monoisotopic (exact) mass is 379 g/mol. The molecule has 0 aliphatic rings. The molecule has 8 heteroatoms. The number of sulfonamides is 1. The highest BCUT2D eigenvalue weighted by molar-refractivity contribution is 7.89. The molecule has 0 bridgehead atoms. The molecule has 7 nitrogen and oxygen atoms in total. The highest BCUT2D eigenvalue weighted by atomic mass is 32.2. The highest BCUT2D eigenvalue weighted by Gasteiger charge is 2.21. The minimum Gasteiger partial charge on any atom is -0.496 e. The van der Waals surface area contributed by atoms with Crippen LogP contribution in [0, 0.1) is 6.92 Å². The Morgan fingerprint density at radius 1 is 1.08 bits per heavy atom. The van der Waals surface area contributed by atoms with Crippen LogP contribution in [-0.4, -0.2) is 40.1 Å². The summed E-state index contributed by atoms with van der Waals surface area (Å²) in [6.07, 6.45) is 0. The van der Waals surface area contributed by atoms with Gasteiger partial charge in [0.15, 0.2) is 0 Å². The number of hydrogen-bond donors (Lipinski definition) is 0. The van der Waals surface area contributed by atoms with Gasteiger partial charge >= 0.3 is 5.97 Å². The second-order valence-electron chi connectivity index (χ2n) is 5.51. The van der Waals surface area contributed by atoms with Gasteiger partial charge in [-0.2, -0.15) is 0 Å². The van der Waals surface area contributed by atoms with Gasteiger partial charge in [0.1, 0.15) is 12.4 Å². The van der Waals surface area contributed by atoms with Gasteiger partial charge in [-0.25, -0.2) is 13.2 Å². The summed E-state index contributed by atoms with van der Waals surface area (Å²) in [6, 6.07) is 11.0. The maximum Gasteiger partial charge on any atom is 0.338 e. The molecule has 0 radical (unpaired) electrons. The first-order chi connectivity index (χ1) is 12.3. The van der Waals surface area contributed by atoms with E-state index in [-0.39, 0.29) is 17.1 Å². The van der Waals surface area contributed by atoms with E-state index >= 15 is 0 Å². The number of nitrogens with zero attached hydrogens (tertiary/aromatic N) is 1. The summed E-state index contributed by atoms with van der Waals surface area (Å²) >= 11 is 0. The summed E-state index contributed by atoms with van der Waals surface area (Å²) in [5, 5.41) is 0. The van der Waals surface area contributed by atoms with Crippen LogP contribution in [0.4, 0.5) is 0 Å². The molecule has 0 saturated heterocycles. The van der Waals surface area contributed by atoms with Gasteiger partial charge in [0.25, 0.3) is 10.0 Å². The fourth-order valence-electron chi connectivity index (χ4n) is 2.26. The molecule has 0 atom stereocenters. The van der Waals surface area contributed by atoms with E-state index in [4.69, 9.17) is 14.3 Å². The molecule has 0 aliphatic carbocycles. The molecule has 2 rings (SSSR count). The predicted octanol–water partition coefficient (Wildman–Crippen LogP) is 2.54. The van der Waals surface area contributed by atoms with Gasteiger partial charge in [-0.15, -0.1) is 0 Å². The van der Waals surface area contributed by atoms with Gasteiger partial charge in [0.05, 0.1) is 24.7 Å². The third-order valence-electron chi connectivity index (χ3n) is 3.78. The molecule has 0 saturated carbocycles.